The summed E-state index contributed by atoms with van der Waals surface area (Å²) in [7, 11) is 0. The second-order valence-corrected chi connectivity index (χ2v) is 6.64. The van der Waals surface area contributed by atoms with Crippen molar-refractivity contribution < 1.29 is 18.3 Å². The van der Waals surface area contributed by atoms with E-state index in [1.54, 1.807) is 31.5 Å². The molecule has 138 valence electrons. The molecule has 0 radical (unpaired) electrons. The number of ether oxygens (including phenoxy) is 1. The standard InChI is InChI=1S/C21H18F2N2O2/c1-12(20-17(22)3-2-4-18(20)23)25-21(26)13-5-6-16-15-7-8-24-10-14(15)11-27-19(16)9-13/h3,5-10,12H,2,4,11H2,1H3,(H,25,26). The number of nitrogens with one attached hydrogen (secondary N) is 1. The van der Waals surface area contributed by atoms with Gasteiger partial charge < -0.3 is 10.1 Å². The topological polar surface area (TPSA) is 51.2 Å². The summed E-state index contributed by atoms with van der Waals surface area (Å²) in [5, 5.41) is 2.67. The van der Waals surface area contributed by atoms with Crippen molar-refractivity contribution >= 4 is 5.91 Å². The normalized spacial score (nSPS) is 16.6. The molecule has 27 heavy (non-hydrogen) atoms. The second kappa shape index (κ2) is 6.95. The molecular weight excluding hydrogens is 350 g/mol. The Morgan fingerprint density at radius 3 is 2.93 bits per heavy atom. The van der Waals surface area contributed by atoms with E-state index in [9.17, 15) is 13.6 Å². The molecule has 2 aromatic rings. The highest BCUT2D eigenvalue weighted by Crippen LogP contribution is 2.37. The number of nitrogens with zero attached hydrogens (tertiary/aromatic N) is 1. The Kier molecular flexibility index (Phi) is 4.48. The number of hydrogen-bond acceptors (Lipinski definition) is 3. The minimum atomic E-state index is -0.766. The van der Waals surface area contributed by atoms with Crippen LogP contribution in [0.1, 0.15) is 35.7 Å². The van der Waals surface area contributed by atoms with E-state index in [2.05, 4.69) is 10.3 Å². The van der Waals surface area contributed by atoms with Crippen LogP contribution in [0.15, 0.2) is 60.0 Å². The highest BCUT2D eigenvalue weighted by atomic mass is 19.1. The minimum absolute atomic E-state index is 0.0785. The lowest BCUT2D eigenvalue weighted by Crippen LogP contribution is -2.35. The number of benzene rings is 1. The summed E-state index contributed by atoms with van der Waals surface area (Å²) in [6.45, 7) is 1.95. The summed E-state index contributed by atoms with van der Waals surface area (Å²) in [5.74, 6) is -0.927. The molecule has 2 heterocycles. The van der Waals surface area contributed by atoms with Gasteiger partial charge in [-0.2, -0.15) is 0 Å². The lowest BCUT2D eigenvalue weighted by Gasteiger charge is -2.22. The number of aromatic nitrogens is 1. The van der Waals surface area contributed by atoms with E-state index in [0.29, 0.717) is 24.3 Å². The van der Waals surface area contributed by atoms with Crippen molar-refractivity contribution in [3.05, 3.63) is 71.1 Å². The zero-order valence-corrected chi connectivity index (χ0v) is 14.8. The second-order valence-electron chi connectivity index (χ2n) is 6.64. The van der Waals surface area contributed by atoms with E-state index < -0.39 is 23.6 Å². The molecule has 4 nitrogen and oxygen atoms in total. The van der Waals surface area contributed by atoms with Gasteiger partial charge in [0, 0.05) is 41.1 Å². The predicted molar refractivity (Wildman–Crippen MR) is 97.5 cm³/mol. The number of amides is 1. The first-order valence-corrected chi connectivity index (χ1v) is 8.80. The molecule has 0 bridgehead atoms. The number of allylic oxidation sites excluding steroid dienone is 2. The molecule has 1 aromatic carbocycles. The number of hydrogen-bond donors (Lipinski definition) is 1. The molecule has 1 amide bonds. The lowest BCUT2D eigenvalue weighted by atomic mass is 9.96. The molecule has 0 saturated heterocycles. The molecule has 2 aliphatic rings. The third kappa shape index (κ3) is 3.23. The highest BCUT2D eigenvalue weighted by Gasteiger charge is 2.24. The molecule has 0 spiro atoms. The molecule has 1 N–H and O–H groups in total. The van der Waals surface area contributed by atoms with E-state index >= 15 is 0 Å². The van der Waals surface area contributed by atoms with Crippen LogP contribution in [-0.2, 0) is 6.61 Å². The van der Waals surface area contributed by atoms with Gasteiger partial charge >= 0.3 is 0 Å². The SMILES string of the molecule is CC(NC(=O)c1ccc2c(c1)OCc1cnccc1-2)C1=C(F)CCC=C1F. The van der Waals surface area contributed by atoms with Crippen LogP contribution in [0.5, 0.6) is 5.75 Å². The minimum Gasteiger partial charge on any atom is -0.488 e. The van der Waals surface area contributed by atoms with E-state index in [-0.39, 0.29) is 12.0 Å². The molecule has 1 aliphatic heterocycles. The number of rotatable bonds is 3. The Labute approximate surface area is 155 Å². The Morgan fingerprint density at radius 1 is 1.26 bits per heavy atom. The van der Waals surface area contributed by atoms with Gasteiger partial charge in [-0.25, -0.2) is 8.78 Å². The first-order chi connectivity index (χ1) is 13.0. The van der Waals surface area contributed by atoms with Gasteiger partial charge in [0.1, 0.15) is 24.0 Å². The van der Waals surface area contributed by atoms with Crippen molar-refractivity contribution in [2.75, 3.05) is 0 Å². The van der Waals surface area contributed by atoms with Gasteiger partial charge in [0.05, 0.1) is 6.04 Å². The molecular formula is C21H18F2N2O2. The highest BCUT2D eigenvalue weighted by molar-refractivity contribution is 5.96. The van der Waals surface area contributed by atoms with Crippen LogP contribution in [-0.4, -0.2) is 16.9 Å². The maximum absolute atomic E-state index is 14.0. The molecule has 1 aromatic heterocycles. The number of fused-ring (bicyclic) bond motifs is 3. The van der Waals surface area contributed by atoms with E-state index in [1.807, 2.05) is 12.1 Å². The molecule has 1 unspecified atom stereocenters. The van der Waals surface area contributed by atoms with Crippen molar-refractivity contribution in [2.24, 2.45) is 0 Å². The molecule has 1 atom stereocenters. The van der Waals surface area contributed by atoms with E-state index in [0.717, 1.165) is 16.7 Å². The maximum atomic E-state index is 14.0. The van der Waals surface area contributed by atoms with E-state index in [1.165, 1.54) is 6.08 Å². The van der Waals surface area contributed by atoms with Crippen molar-refractivity contribution in [3.8, 4) is 16.9 Å². The van der Waals surface area contributed by atoms with Crippen molar-refractivity contribution in [2.45, 2.75) is 32.4 Å². The third-order valence-corrected chi connectivity index (χ3v) is 4.84. The fourth-order valence-corrected chi connectivity index (χ4v) is 3.46. The Hall–Kier alpha value is -3.02. The summed E-state index contributed by atoms with van der Waals surface area (Å²) < 4.78 is 33.7. The summed E-state index contributed by atoms with van der Waals surface area (Å²) in [6.07, 6.45) is 5.31. The molecule has 0 fully saturated rings. The Bertz CT molecular complexity index is 982. The van der Waals surface area contributed by atoms with Crippen LogP contribution in [0.25, 0.3) is 11.1 Å². The predicted octanol–water partition coefficient (Wildman–Crippen LogP) is 4.63. The van der Waals surface area contributed by atoms with Gasteiger partial charge in [0.2, 0.25) is 0 Å². The summed E-state index contributed by atoms with van der Waals surface area (Å²) >= 11 is 0. The largest absolute Gasteiger partial charge is 0.488 e. The molecule has 1 aliphatic carbocycles. The van der Waals surface area contributed by atoms with Gasteiger partial charge in [0.15, 0.2) is 0 Å². The monoisotopic (exact) mass is 368 g/mol. The van der Waals surface area contributed by atoms with Gasteiger partial charge in [-0.05, 0) is 49.2 Å². The fourth-order valence-electron chi connectivity index (χ4n) is 3.46. The fraction of sp³-hybridized carbons (Fsp3) is 0.238. The van der Waals surface area contributed by atoms with Crippen LogP contribution in [0.4, 0.5) is 8.78 Å². The average Bonchev–Trinajstić information content (AvgIpc) is 2.67. The quantitative estimate of drug-likeness (QED) is 0.859. The van der Waals surface area contributed by atoms with Gasteiger partial charge in [-0.3, -0.25) is 9.78 Å². The molecule has 6 heteroatoms. The van der Waals surface area contributed by atoms with E-state index in [4.69, 9.17) is 4.74 Å². The van der Waals surface area contributed by atoms with Gasteiger partial charge in [0.25, 0.3) is 5.91 Å². The Morgan fingerprint density at radius 2 is 2.11 bits per heavy atom. The summed E-state index contributed by atoms with van der Waals surface area (Å²) in [6, 6.07) is 6.29. The first kappa shape index (κ1) is 17.4. The first-order valence-electron chi connectivity index (χ1n) is 8.80. The smallest absolute Gasteiger partial charge is 0.251 e. The molecule has 0 saturated carbocycles. The van der Waals surface area contributed by atoms with Crippen LogP contribution in [0.3, 0.4) is 0 Å². The average molecular weight is 368 g/mol. The van der Waals surface area contributed by atoms with Crippen molar-refractivity contribution in [1.82, 2.24) is 10.3 Å². The number of pyridine rings is 1. The number of halogens is 2. The van der Waals surface area contributed by atoms with Crippen molar-refractivity contribution in [3.63, 3.8) is 0 Å². The van der Waals surface area contributed by atoms with Crippen LogP contribution >= 0.6 is 0 Å². The zero-order valence-electron chi connectivity index (χ0n) is 14.8. The van der Waals surface area contributed by atoms with Gasteiger partial charge in [-0.15, -0.1) is 0 Å². The summed E-state index contributed by atoms with van der Waals surface area (Å²) in [5.41, 5.74) is 3.19. The third-order valence-electron chi connectivity index (χ3n) is 4.84. The Balaban J connectivity index is 1.57. The van der Waals surface area contributed by atoms with Crippen LogP contribution < -0.4 is 10.1 Å². The molecule has 4 rings (SSSR count). The van der Waals surface area contributed by atoms with Crippen molar-refractivity contribution in [1.29, 1.82) is 0 Å². The number of carbonyl (C=O) groups excluding carboxylic acids is 1. The van der Waals surface area contributed by atoms with Gasteiger partial charge in [-0.1, -0.05) is 0 Å². The van der Waals surface area contributed by atoms with Crippen LogP contribution in [0, 0.1) is 0 Å². The lowest BCUT2D eigenvalue weighted by molar-refractivity contribution is 0.0944. The maximum Gasteiger partial charge on any atom is 0.251 e. The van der Waals surface area contributed by atoms with Crippen LogP contribution in [0.2, 0.25) is 0 Å². The number of carbonyl (C=O) groups is 1. The summed E-state index contributed by atoms with van der Waals surface area (Å²) in [4.78, 5) is 16.7. The zero-order chi connectivity index (χ0) is 19.0.